The van der Waals surface area contributed by atoms with Crippen molar-refractivity contribution in [3.63, 3.8) is 0 Å². The third kappa shape index (κ3) is 16.5. The number of para-hydroxylation sites is 1. The van der Waals surface area contributed by atoms with Gasteiger partial charge < -0.3 is 9.13 Å². The van der Waals surface area contributed by atoms with Crippen molar-refractivity contribution in [1.82, 2.24) is 83.9 Å². The molecule has 18 aromatic carbocycles. The molecule has 0 aliphatic rings. The van der Waals surface area contributed by atoms with Crippen LogP contribution in [0.4, 0.5) is 11.4 Å². The number of hydrogen-bond donors (Lipinski definition) is 0. The van der Waals surface area contributed by atoms with Gasteiger partial charge in [0.15, 0.2) is 98.7 Å². The molecule has 0 spiro atoms. The van der Waals surface area contributed by atoms with E-state index in [4.69, 9.17) is 87.9 Å². The largest absolute Gasteiger partial charge is 0.308 e. The number of fused-ring (bicyclic) bond motifs is 6. The maximum atomic E-state index is 11.2. The molecule has 0 amide bonds. The Morgan fingerprint density at radius 1 is 0.178 bits per heavy atom. The van der Waals surface area contributed by atoms with Gasteiger partial charge in [-0.1, -0.05) is 346 Å². The molecule has 0 N–H and O–H groups in total. The quantitative estimate of drug-likeness (QED) is 0.0645. The van der Waals surface area contributed by atoms with Crippen molar-refractivity contribution in [2.75, 3.05) is 0 Å². The standard InChI is InChI=1S/C126H74N20/c1-128-96-63-55-79(56-64-96)78-51-53-88(54-52-78)120-142-125(99-65-57-89(97-48-28-27-47-95(97)77-127)75-110(99)145-106-67-59-91(121-134-112(80-31-11-3-12-32-80)130-113(135-121)81-33-13-4-14-34-81)71-101(106)102-72-92(60-68-107(102)145)122-136-114(82-35-15-5-16-36-82)131-115(137-122)83-37-17-6-18-38-83)144-126(143-120)100-66-58-90(98-49-29-30-50-105(98)129-2)76-111(100)146-108-69-61-93(123-138-116(84-39-19-7-20-40-84)132-117(139-123)85-41-21-8-22-42-85)73-103(108)104-74-94(62-70-109(104)146)124-140-118(86-43-23-9-24-44-86)133-119(141-124)87-45-25-10-26-46-87/h3-76H. The molecular formula is C126H74N20. The minimum Gasteiger partial charge on any atom is -0.308 e. The van der Waals surface area contributed by atoms with Crippen LogP contribution in [0.2, 0.25) is 0 Å². The highest BCUT2D eigenvalue weighted by Gasteiger charge is 2.29. The van der Waals surface area contributed by atoms with E-state index >= 15 is 0 Å². The smallest absolute Gasteiger partial charge is 0.194 e. The van der Waals surface area contributed by atoms with E-state index in [-0.39, 0.29) is 11.6 Å². The van der Waals surface area contributed by atoms with E-state index in [1.54, 1.807) is 0 Å². The number of hydrogen-bond acceptors (Lipinski definition) is 16. The second-order valence-corrected chi connectivity index (χ2v) is 35.0. The second-order valence-electron chi connectivity index (χ2n) is 35.0. The van der Waals surface area contributed by atoms with Crippen LogP contribution in [-0.4, -0.2) is 83.9 Å². The van der Waals surface area contributed by atoms with Gasteiger partial charge in [0.1, 0.15) is 0 Å². The van der Waals surface area contributed by atoms with Crippen molar-refractivity contribution >= 4 is 55.0 Å². The molecule has 0 saturated carbocycles. The number of nitriles is 1. The first-order valence-corrected chi connectivity index (χ1v) is 47.4. The van der Waals surface area contributed by atoms with Crippen LogP contribution in [-0.2, 0) is 0 Å². The van der Waals surface area contributed by atoms with E-state index in [2.05, 4.69) is 110 Å². The average molecular weight is 1870 g/mol. The first-order valence-electron chi connectivity index (χ1n) is 47.4. The van der Waals surface area contributed by atoms with Crippen LogP contribution in [0.5, 0.6) is 0 Å². The predicted octanol–water partition coefficient (Wildman–Crippen LogP) is 29.8. The van der Waals surface area contributed by atoms with Crippen molar-refractivity contribution in [3.05, 3.63) is 477 Å². The number of rotatable bonds is 20. The minimum atomic E-state index is 0.287. The molecule has 0 aliphatic carbocycles. The Hall–Kier alpha value is -20.9. The van der Waals surface area contributed by atoms with E-state index in [1.807, 2.05) is 364 Å². The van der Waals surface area contributed by atoms with Gasteiger partial charge >= 0.3 is 0 Å². The van der Waals surface area contributed by atoms with Gasteiger partial charge in [-0.3, -0.25) is 0 Å². The third-order valence-electron chi connectivity index (χ3n) is 26.1. The Kier molecular flexibility index (Phi) is 22.2. The Labute approximate surface area is 837 Å². The lowest BCUT2D eigenvalue weighted by molar-refractivity contribution is 1.06. The summed E-state index contributed by atoms with van der Waals surface area (Å²) >= 11 is 0. The summed E-state index contributed by atoms with van der Waals surface area (Å²) in [5, 5.41) is 14.4. The monoisotopic (exact) mass is 1870 g/mol. The summed E-state index contributed by atoms with van der Waals surface area (Å²) in [6, 6.07) is 151. The Balaban J connectivity index is 0.757. The lowest BCUT2D eigenvalue weighted by atomic mass is 9.97. The summed E-state index contributed by atoms with van der Waals surface area (Å²) < 4.78 is 4.50. The number of aromatic nitrogens is 17. The highest BCUT2D eigenvalue weighted by atomic mass is 15.1. The minimum absolute atomic E-state index is 0.287. The fourth-order valence-corrected chi connectivity index (χ4v) is 19.0. The molecular weight excluding hydrogens is 1790 g/mol. The molecule has 0 aliphatic heterocycles. The van der Waals surface area contributed by atoms with Gasteiger partial charge in [-0.2, -0.15) is 5.26 Å². The molecule has 678 valence electrons. The molecule has 25 rings (SSSR count). The SMILES string of the molecule is [C-]#[N+]c1ccc(-c2ccc(-c3nc(-c4ccc(-c5ccccc5C#N)cc4-n4c5ccc(-c6nc(-c7ccccc7)nc(-c7ccccc7)n6)cc5c5cc(-c6nc(-c7ccccc7)nc(-c7ccccc7)n6)ccc54)nc(-c4ccc(-c5ccccc5[N+]#[C-])cc4-n4c5ccc(-c6nc(-c7ccccc7)nc(-c7ccccc7)n6)cc5c5cc(-c6nc(-c7ccccc7)nc(-c7ccccc7)n6)ccc54)n3)cc2)cc1. The van der Waals surface area contributed by atoms with Crippen molar-refractivity contribution in [2.45, 2.75) is 0 Å². The molecule has 7 heterocycles. The van der Waals surface area contributed by atoms with Gasteiger partial charge in [-0.05, 0) is 137 Å². The summed E-state index contributed by atoms with van der Waals surface area (Å²) in [4.78, 5) is 88.4. The van der Waals surface area contributed by atoms with Crippen molar-refractivity contribution < 1.29 is 0 Å². The molecule has 0 saturated heterocycles. The van der Waals surface area contributed by atoms with Gasteiger partial charge in [0.05, 0.1) is 58.2 Å². The topological polar surface area (TPSA) is 236 Å². The molecule has 0 bridgehead atoms. The van der Waals surface area contributed by atoms with Crippen LogP contribution in [0.3, 0.4) is 0 Å². The van der Waals surface area contributed by atoms with E-state index in [0.29, 0.717) is 154 Å². The Bertz CT molecular complexity index is 8460. The molecule has 0 fully saturated rings. The fourth-order valence-electron chi connectivity index (χ4n) is 19.0. The maximum Gasteiger partial charge on any atom is 0.194 e. The van der Waals surface area contributed by atoms with E-state index in [1.165, 1.54) is 0 Å². The summed E-state index contributed by atoms with van der Waals surface area (Å²) in [7, 11) is 0. The zero-order chi connectivity index (χ0) is 97.5. The molecule has 0 unspecified atom stereocenters. The predicted molar refractivity (Wildman–Crippen MR) is 577 cm³/mol. The third-order valence-corrected chi connectivity index (χ3v) is 26.1. The molecule has 20 heteroatoms. The lowest BCUT2D eigenvalue weighted by Gasteiger charge is -2.19. The normalized spacial score (nSPS) is 11.3. The lowest BCUT2D eigenvalue weighted by Crippen LogP contribution is -2.06. The number of benzene rings is 18. The second kappa shape index (κ2) is 37.4. The fraction of sp³-hybridized carbons (Fsp3) is 0. The van der Waals surface area contributed by atoms with Gasteiger partial charge in [0.2, 0.25) is 0 Å². The van der Waals surface area contributed by atoms with Crippen LogP contribution >= 0.6 is 0 Å². The van der Waals surface area contributed by atoms with E-state index < -0.39 is 0 Å². The van der Waals surface area contributed by atoms with Gasteiger partial charge in [0, 0.05) is 105 Å². The van der Waals surface area contributed by atoms with E-state index in [9.17, 15) is 5.26 Å². The highest BCUT2D eigenvalue weighted by Crippen LogP contribution is 2.47. The zero-order valence-electron chi connectivity index (χ0n) is 77.7. The number of nitrogens with zero attached hydrogens (tertiary/aromatic N) is 20. The summed E-state index contributed by atoms with van der Waals surface area (Å²) in [6.07, 6.45) is 0. The van der Waals surface area contributed by atoms with Gasteiger partial charge in [-0.25, -0.2) is 84.4 Å². The summed E-state index contributed by atoms with van der Waals surface area (Å²) in [6.45, 7) is 16.6. The van der Waals surface area contributed by atoms with Gasteiger partial charge in [0.25, 0.3) is 0 Å². The van der Waals surface area contributed by atoms with Crippen LogP contribution in [0, 0.1) is 24.5 Å². The van der Waals surface area contributed by atoms with E-state index in [0.717, 1.165) is 110 Å². The van der Waals surface area contributed by atoms with Gasteiger partial charge in [-0.15, -0.1) is 0 Å². The average Bonchev–Trinajstić information content (AvgIpc) is 1.57. The zero-order valence-corrected chi connectivity index (χ0v) is 77.7. The molecule has 0 radical (unpaired) electrons. The summed E-state index contributed by atoms with van der Waals surface area (Å²) in [5.74, 6) is 6.73. The molecule has 20 nitrogen and oxygen atoms in total. The highest BCUT2D eigenvalue weighted by molar-refractivity contribution is 6.14. The molecule has 146 heavy (non-hydrogen) atoms. The van der Waals surface area contributed by atoms with Crippen molar-refractivity contribution in [2.24, 2.45) is 0 Å². The van der Waals surface area contributed by atoms with Crippen LogP contribution < -0.4 is 0 Å². The summed E-state index contributed by atoms with van der Waals surface area (Å²) in [5.41, 5.74) is 21.8. The Morgan fingerprint density at radius 3 is 0.685 bits per heavy atom. The Morgan fingerprint density at radius 2 is 0.397 bits per heavy atom. The first kappa shape index (κ1) is 86.6. The van der Waals surface area contributed by atoms with Crippen LogP contribution in [0.25, 0.3) is 269 Å². The molecule has 25 aromatic rings. The maximum absolute atomic E-state index is 11.2. The van der Waals surface area contributed by atoms with Crippen molar-refractivity contribution in [3.8, 4) is 222 Å². The first-order chi connectivity index (χ1) is 72.2. The van der Waals surface area contributed by atoms with Crippen molar-refractivity contribution in [1.29, 1.82) is 5.26 Å². The van der Waals surface area contributed by atoms with Crippen LogP contribution in [0.15, 0.2) is 449 Å². The molecule has 7 aromatic heterocycles. The molecule has 0 atom stereocenters. The van der Waals surface area contributed by atoms with Crippen LogP contribution in [0.1, 0.15) is 5.56 Å².